The van der Waals surface area contributed by atoms with E-state index in [4.69, 9.17) is 21.9 Å². The van der Waals surface area contributed by atoms with Crippen molar-refractivity contribution in [3.63, 3.8) is 0 Å². The molecule has 0 saturated carbocycles. The lowest BCUT2D eigenvalue weighted by Gasteiger charge is -2.37. The molecule has 4 atom stereocenters. The minimum absolute atomic E-state index is 0.242. The summed E-state index contributed by atoms with van der Waals surface area (Å²) >= 11 is 1.22. The fraction of sp³-hybridized carbons (Fsp3) is 0.290. The van der Waals surface area contributed by atoms with Gasteiger partial charge in [-0.25, -0.2) is 0 Å². The van der Waals surface area contributed by atoms with E-state index in [1.165, 1.54) is 11.3 Å². The van der Waals surface area contributed by atoms with Crippen LogP contribution in [0.3, 0.4) is 0 Å². The third kappa shape index (κ3) is 4.58. The van der Waals surface area contributed by atoms with Gasteiger partial charge in [-0.1, -0.05) is 30.3 Å². The number of para-hydroxylation sites is 1. The van der Waals surface area contributed by atoms with Crippen LogP contribution in [0.4, 0.5) is 5.69 Å². The van der Waals surface area contributed by atoms with Crippen molar-refractivity contribution in [2.45, 2.75) is 37.1 Å². The van der Waals surface area contributed by atoms with Gasteiger partial charge in [-0.15, -0.1) is 11.3 Å². The highest BCUT2D eigenvalue weighted by molar-refractivity contribution is 7.21. The number of nitrogen functional groups attached to an aromatic ring is 1. The number of hydrogen-bond donors (Lipinski definition) is 5. The first kappa shape index (κ1) is 27.4. The lowest BCUT2D eigenvalue weighted by molar-refractivity contribution is -0.124. The number of aliphatic hydroxyl groups is 1. The van der Waals surface area contributed by atoms with E-state index >= 15 is 0 Å². The van der Waals surface area contributed by atoms with E-state index in [-0.39, 0.29) is 11.9 Å². The molecule has 1 fully saturated rings. The Balaban J connectivity index is 1.42. The first-order valence-electron chi connectivity index (χ1n) is 13.5. The van der Waals surface area contributed by atoms with Crippen LogP contribution in [0.5, 0.6) is 11.5 Å². The Kier molecular flexibility index (Phi) is 6.83. The third-order valence-corrected chi connectivity index (χ3v) is 9.32. The van der Waals surface area contributed by atoms with Crippen LogP contribution in [0.2, 0.25) is 0 Å². The molecule has 6 rings (SSSR count). The first-order valence-corrected chi connectivity index (χ1v) is 14.3. The van der Waals surface area contributed by atoms with E-state index in [9.17, 15) is 14.7 Å². The summed E-state index contributed by atoms with van der Waals surface area (Å²) in [6, 6.07) is 17.0. The summed E-state index contributed by atoms with van der Waals surface area (Å²) in [5, 5.41) is 13.9. The number of rotatable bonds is 5. The molecule has 1 aliphatic carbocycles. The smallest absolute Gasteiger partial charge is 0.262 e. The summed E-state index contributed by atoms with van der Waals surface area (Å²) in [5.41, 5.74) is 21.4. The molecule has 0 bridgehead atoms. The molecule has 4 aromatic rings. The molecule has 2 unspecified atom stereocenters. The highest BCUT2D eigenvalue weighted by Gasteiger charge is 2.49. The highest BCUT2D eigenvalue weighted by atomic mass is 32.1. The zero-order chi connectivity index (χ0) is 29.1. The van der Waals surface area contributed by atoms with Gasteiger partial charge < -0.3 is 37.3 Å². The Morgan fingerprint density at radius 3 is 2.54 bits per heavy atom. The number of ketones is 1. The van der Waals surface area contributed by atoms with Crippen molar-refractivity contribution in [1.82, 2.24) is 10.2 Å². The van der Waals surface area contributed by atoms with Crippen LogP contribution >= 0.6 is 11.3 Å². The lowest BCUT2D eigenvalue weighted by atomic mass is 9.69. The topological polar surface area (TPSA) is 157 Å². The SMILES string of the molecule is Cc1cc(Oc2ccccc2)ccc1C1(N)C(=O)C(N)c2c(C(=O)N[C@@H]3C[C@@H](O)CN(C)C3)sc3c(N)ccc1c23. The van der Waals surface area contributed by atoms with Crippen LogP contribution in [0.15, 0.2) is 60.7 Å². The minimum atomic E-state index is -1.56. The summed E-state index contributed by atoms with van der Waals surface area (Å²) < 4.78 is 6.66. The number of aryl methyl sites for hydroxylation is 1. The number of likely N-dealkylation sites (tertiary alicyclic amines) is 1. The van der Waals surface area contributed by atoms with Crippen molar-refractivity contribution >= 4 is 38.8 Å². The van der Waals surface area contributed by atoms with Crippen LogP contribution < -0.4 is 27.3 Å². The number of piperidine rings is 1. The summed E-state index contributed by atoms with van der Waals surface area (Å²) in [7, 11) is 1.90. The molecule has 1 aliphatic heterocycles. The maximum absolute atomic E-state index is 14.1. The molecule has 212 valence electrons. The number of anilines is 1. The predicted octanol–water partition coefficient (Wildman–Crippen LogP) is 3.16. The highest BCUT2D eigenvalue weighted by Crippen LogP contribution is 2.50. The van der Waals surface area contributed by atoms with Gasteiger partial charge in [-0.2, -0.15) is 0 Å². The summed E-state index contributed by atoms with van der Waals surface area (Å²) in [5.74, 6) is 0.563. The van der Waals surface area contributed by atoms with E-state index in [2.05, 4.69) is 5.32 Å². The Morgan fingerprint density at radius 1 is 1.10 bits per heavy atom. The number of nitrogens with zero attached hydrogens (tertiary/aromatic N) is 1. The fourth-order valence-electron chi connectivity index (χ4n) is 6.24. The molecule has 3 aromatic carbocycles. The molecular weight excluding hydrogens is 538 g/mol. The van der Waals surface area contributed by atoms with Gasteiger partial charge in [0, 0.05) is 35.8 Å². The number of carbonyl (C=O) groups excluding carboxylic acids is 2. The zero-order valence-corrected chi connectivity index (χ0v) is 23.7. The Morgan fingerprint density at radius 2 is 1.83 bits per heavy atom. The monoisotopic (exact) mass is 571 g/mol. The molecule has 1 saturated heterocycles. The van der Waals surface area contributed by atoms with Gasteiger partial charge in [0.25, 0.3) is 5.91 Å². The molecule has 41 heavy (non-hydrogen) atoms. The Bertz CT molecular complexity index is 1660. The van der Waals surface area contributed by atoms with Crippen LogP contribution in [-0.4, -0.2) is 54.0 Å². The second kappa shape index (κ2) is 10.2. The molecule has 1 aromatic heterocycles. The normalized spacial score (nSPS) is 24.4. The minimum Gasteiger partial charge on any atom is -0.457 e. The van der Waals surface area contributed by atoms with Crippen molar-refractivity contribution in [2.24, 2.45) is 11.5 Å². The molecule has 0 radical (unpaired) electrons. The van der Waals surface area contributed by atoms with Crippen molar-refractivity contribution in [3.8, 4) is 11.5 Å². The number of nitrogens with one attached hydrogen (secondary N) is 1. The lowest BCUT2D eigenvalue weighted by Crippen LogP contribution is -2.53. The number of carbonyl (C=O) groups is 2. The molecule has 0 spiro atoms. The number of β-amino-alcohol motifs (C(OH)–C–C–N with tert-alkyl or cyclic N) is 1. The van der Waals surface area contributed by atoms with Gasteiger partial charge in [0.05, 0.1) is 21.7 Å². The van der Waals surface area contributed by atoms with Crippen molar-refractivity contribution in [1.29, 1.82) is 0 Å². The van der Waals surface area contributed by atoms with Crippen molar-refractivity contribution in [3.05, 3.63) is 87.8 Å². The Labute approximate surface area is 241 Å². The second-order valence-corrected chi connectivity index (χ2v) is 12.1. The van der Waals surface area contributed by atoms with Gasteiger partial charge in [-0.3, -0.25) is 9.59 Å². The van der Waals surface area contributed by atoms with Gasteiger partial charge in [0.2, 0.25) is 0 Å². The van der Waals surface area contributed by atoms with E-state index in [1.807, 2.05) is 55.3 Å². The third-order valence-electron chi connectivity index (χ3n) is 8.07. The number of aliphatic hydroxyl groups excluding tert-OH is 1. The number of amides is 1. The zero-order valence-electron chi connectivity index (χ0n) is 22.9. The number of ether oxygens (including phenoxy) is 1. The van der Waals surface area contributed by atoms with Crippen molar-refractivity contribution < 1.29 is 19.4 Å². The van der Waals surface area contributed by atoms with E-state index in [0.717, 1.165) is 5.56 Å². The van der Waals surface area contributed by atoms with Gasteiger partial charge in [0.1, 0.15) is 17.0 Å². The summed E-state index contributed by atoms with van der Waals surface area (Å²) in [6.07, 6.45) is -0.0828. The first-order chi connectivity index (χ1) is 19.6. The largest absolute Gasteiger partial charge is 0.457 e. The molecule has 1 amide bonds. The predicted molar refractivity (Wildman–Crippen MR) is 160 cm³/mol. The van der Waals surface area contributed by atoms with Crippen LogP contribution in [0.1, 0.15) is 44.4 Å². The van der Waals surface area contributed by atoms with Crippen LogP contribution in [-0.2, 0) is 10.3 Å². The second-order valence-electron chi connectivity index (χ2n) is 11.1. The molecule has 9 nitrogen and oxygen atoms in total. The number of likely N-dealkylation sites (N-methyl/N-ethyl adjacent to an activating group) is 1. The quantitative estimate of drug-likeness (QED) is 0.229. The summed E-state index contributed by atoms with van der Waals surface area (Å²) in [6.45, 7) is 3.04. The molecule has 8 N–H and O–H groups in total. The summed E-state index contributed by atoms with van der Waals surface area (Å²) in [4.78, 5) is 30.0. The fourth-order valence-corrected chi connectivity index (χ4v) is 7.44. The standard InChI is InChI=1S/C31H33N5O4S/c1-16-12-20(40-19-6-4-3-5-7-19)8-9-21(16)31(34)22-10-11-23(32)27-24(22)25(26(33)29(31)38)28(41-27)30(39)35-17-13-18(37)15-36(2)14-17/h3-12,17-18,26,37H,13-15,32-34H2,1-2H3,(H,35,39)/t17-,18-,26?,31?/m1/s1. The van der Waals surface area contributed by atoms with Crippen molar-refractivity contribution in [2.75, 3.05) is 25.9 Å². The molecule has 10 heteroatoms. The maximum atomic E-state index is 14.1. The van der Waals surface area contributed by atoms with Gasteiger partial charge in [0.15, 0.2) is 5.78 Å². The number of thiophene rings is 1. The average Bonchev–Trinajstić information content (AvgIpc) is 3.33. The molecular formula is C31H33N5O4S. The average molecular weight is 572 g/mol. The van der Waals surface area contributed by atoms with E-state index in [1.54, 1.807) is 24.3 Å². The van der Waals surface area contributed by atoms with Crippen LogP contribution in [0, 0.1) is 6.92 Å². The molecule has 2 aliphatic rings. The van der Waals surface area contributed by atoms with Crippen LogP contribution in [0.25, 0.3) is 10.1 Å². The number of hydrogen-bond acceptors (Lipinski definition) is 9. The molecule has 2 heterocycles. The maximum Gasteiger partial charge on any atom is 0.262 e. The number of Topliss-reactive ketones (excluding diaryl/α,β-unsaturated/α-hetero) is 1. The Hall–Kier alpha value is -3.80. The van der Waals surface area contributed by atoms with Gasteiger partial charge >= 0.3 is 0 Å². The number of benzene rings is 3. The van der Waals surface area contributed by atoms with E-state index < -0.39 is 23.5 Å². The van der Waals surface area contributed by atoms with E-state index in [0.29, 0.717) is 68.4 Å². The van der Waals surface area contributed by atoms with Gasteiger partial charge in [-0.05, 0) is 67.4 Å². The number of nitrogens with two attached hydrogens (primary N) is 3.